The van der Waals surface area contributed by atoms with Gasteiger partial charge in [-0.05, 0) is 49.7 Å². The standard InChI is InChI=1S/C14H15ClN2O3/c15-11-7-10(5-6-12(11)17(19)20)14(18)16-13(8-1-2-8)9-3-4-9/h5-9,13H,1-4H2,(H,16,18). The topological polar surface area (TPSA) is 72.2 Å². The highest BCUT2D eigenvalue weighted by Gasteiger charge is 2.42. The first kappa shape index (κ1) is 13.4. The summed E-state index contributed by atoms with van der Waals surface area (Å²) in [4.78, 5) is 22.4. The maximum absolute atomic E-state index is 12.2. The molecule has 0 atom stereocenters. The molecule has 0 heterocycles. The van der Waals surface area contributed by atoms with E-state index >= 15 is 0 Å². The molecule has 0 aromatic heterocycles. The van der Waals surface area contributed by atoms with Gasteiger partial charge in [0.2, 0.25) is 0 Å². The first-order chi connectivity index (χ1) is 9.56. The lowest BCUT2D eigenvalue weighted by Crippen LogP contribution is -2.38. The van der Waals surface area contributed by atoms with Gasteiger partial charge in [0, 0.05) is 17.7 Å². The highest BCUT2D eigenvalue weighted by atomic mass is 35.5. The summed E-state index contributed by atoms with van der Waals surface area (Å²) in [7, 11) is 0. The van der Waals surface area contributed by atoms with Crippen LogP contribution in [-0.4, -0.2) is 16.9 Å². The van der Waals surface area contributed by atoms with Crippen LogP contribution in [0.4, 0.5) is 5.69 Å². The SMILES string of the molecule is O=C(NC(C1CC1)C1CC1)c1ccc([N+](=O)[O-])c(Cl)c1. The number of nitrogens with zero attached hydrogens (tertiary/aromatic N) is 1. The zero-order chi connectivity index (χ0) is 14.3. The molecule has 0 aliphatic heterocycles. The molecule has 5 nitrogen and oxygen atoms in total. The summed E-state index contributed by atoms with van der Waals surface area (Å²) in [5.74, 6) is 1.03. The lowest BCUT2D eigenvalue weighted by Gasteiger charge is -2.17. The molecule has 0 unspecified atom stereocenters. The fourth-order valence-electron chi connectivity index (χ4n) is 2.56. The third kappa shape index (κ3) is 2.77. The van der Waals surface area contributed by atoms with Crippen LogP contribution in [0.25, 0.3) is 0 Å². The Bertz CT molecular complexity index is 556. The average Bonchev–Trinajstić information content (AvgIpc) is 3.28. The van der Waals surface area contributed by atoms with Crippen molar-refractivity contribution >= 4 is 23.2 Å². The van der Waals surface area contributed by atoms with Crippen molar-refractivity contribution in [1.82, 2.24) is 5.32 Å². The Morgan fingerprint density at radius 3 is 2.35 bits per heavy atom. The number of hydrogen-bond donors (Lipinski definition) is 1. The predicted octanol–water partition coefficient (Wildman–Crippen LogP) is 3.17. The first-order valence-corrected chi connectivity index (χ1v) is 7.19. The first-order valence-electron chi connectivity index (χ1n) is 6.81. The van der Waals surface area contributed by atoms with E-state index in [1.165, 1.54) is 43.9 Å². The molecule has 6 heteroatoms. The number of hydrogen-bond acceptors (Lipinski definition) is 3. The van der Waals surface area contributed by atoms with Crippen molar-refractivity contribution < 1.29 is 9.72 Å². The molecule has 106 valence electrons. The smallest absolute Gasteiger partial charge is 0.287 e. The summed E-state index contributed by atoms with van der Waals surface area (Å²) in [6, 6.07) is 4.36. The predicted molar refractivity (Wildman–Crippen MR) is 74.8 cm³/mol. The third-order valence-electron chi connectivity index (χ3n) is 3.96. The lowest BCUT2D eigenvalue weighted by molar-refractivity contribution is -0.384. The van der Waals surface area contributed by atoms with E-state index in [-0.39, 0.29) is 22.7 Å². The number of amides is 1. The van der Waals surface area contributed by atoms with Gasteiger partial charge >= 0.3 is 0 Å². The third-order valence-corrected chi connectivity index (χ3v) is 4.27. The minimum absolute atomic E-state index is 0.00274. The van der Waals surface area contributed by atoms with Crippen LogP contribution in [0.1, 0.15) is 36.0 Å². The molecule has 0 radical (unpaired) electrons. The van der Waals surface area contributed by atoms with Gasteiger partial charge in [-0.15, -0.1) is 0 Å². The van der Waals surface area contributed by atoms with Gasteiger partial charge in [-0.2, -0.15) is 0 Å². The summed E-state index contributed by atoms with van der Waals surface area (Å²) in [6.45, 7) is 0. The van der Waals surface area contributed by atoms with E-state index < -0.39 is 4.92 Å². The van der Waals surface area contributed by atoms with Crippen LogP contribution >= 0.6 is 11.6 Å². The normalized spacial score (nSPS) is 18.1. The second kappa shape index (κ2) is 5.05. The van der Waals surface area contributed by atoms with Crippen molar-refractivity contribution in [3.05, 3.63) is 38.9 Å². The van der Waals surface area contributed by atoms with Gasteiger partial charge in [0.25, 0.3) is 11.6 Å². The van der Waals surface area contributed by atoms with Crippen molar-refractivity contribution in [1.29, 1.82) is 0 Å². The second-order valence-electron chi connectivity index (χ2n) is 5.60. The Hall–Kier alpha value is -1.62. The summed E-state index contributed by atoms with van der Waals surface area (Å²) < 4.78 is 0. The van der Waals surface area contributed by atoms with Crippen LogP contribution in [0.15, 0.2) is 18.2 Å². The Morgan fingerprint density at radius 2 is 1.90 bits per heavy atom. The lowest BCUT2D eigenvalue weighted by atomic mass is 10.1. The van der Waals surface area contributed by atoms with Crippen molar-refractivity contribution in [3.8, 4) is 0 Å². The highest BCUT2D eigenvalue weighted by Crippen LogP contribution is 2.44. The molecular formula is C14H15ClN2O3. The average molecular weight is 295 g/mol. The molecule has 2 fully saturated rings. The summed E-state index contributed by atoms with van der Waals surface area (Å²) in [5, 5.41) is 13.8. The fraction of sp³-hybridized carbons (Fsp3) is 0.500. The molecule has 0 saturated heterocycles. The van der Waals surface area contributed by atoms with Gasteiger partial charge < -0.3 is 5.32 Å². The van der Waals surface area contributed by atoms with E-state index in [1.54, 1.807) is 0 Å². The van der Waals surface area contributed by atoms with Crippen LogP contribution in [0.3, 0.4) is 0 Å². The Morgan fingerprint density at radius 1 is 1.30 bits per heavy atom. The number of carbonyl (C=O) groups is 1. The quantitative estimate of drug-likeness (QED) is 0.669. The minimum Gasteiger partial charge on any atom is -0.349 e. The van der Waals surface area contributed by atoms with Gasteiger partial charge in [0.1, 0.15) is 5.02 Å². The maximum atomic E-state index is 12.2. The van der Waals surface area contributed by atoms with Crippen LogP contribution in [-0.2, 0) is 0 Å². The Labute approximate surface area is 121 Å². The second-order valence-corrected chi connectivity index (χ2v) is 6.00. The maximum Gasteiger partial charge on any atom is 0.287 e. The number of halogens is 1. The van der Waals surface area contributed by atoms with Gasteiger partial charge in [0.05, 0.1) is 4.92 Å². The molecule has 1 aromatic rings. The molecule has 3 rings (SSSR count). The summed E-state index contributed by atoms with van der Waals surface area (Å²) in [5.41, 5.74) is 0.205. The fourth-order valence-corrected chi connectivity index (χ4v) is 2.81. The monoisotopic (exact) mass is 294 g/mol. The van der Waals surface area contributed by atoms with Crippen LogP contribution in [0.2, 0.25) is 5.02 Å². The summed E-state index contributed by atoms with van der Waals surface area (Å²) in [6.07, 6.45) is 4.73. The van der Waals surface area contributed by atoms with E-state index in [2.05, 4.69) is 5.32 Å². The number of nitrogens with one attached hydrogen (secondary N) is 1. The van der Waals surface area contributed by atoms with Crippen molar-refractivity contribution in [2.75, 3.05) is 0 Å². The molecule has 1 aromatic carbocycles. The molecule has 20 heavy (non-hydrogen) atoms. The van der Waals surface area contributed by atoms with Crippen molar-refractivity contribution in [2.45, 2.75) is 31.7 Å². The molecule has 1 amide bonds. The molecule has 1 N–H and O–H groups in total. The van der Waals surface area contributed by atoms with Gasteiger partial charge in [-0.3, -0.25) is 14.9 Å². The number of rotatable bonds is 5. The summed E-state index contributed by atoms with van der Waals surface area (Å²) >= 11 is 5.83. The van der Waals surface area contributed by atoms with Gasteiger partial charge in [0.15, 0.2) is 0 Å². The molecule has 0 spiro atoms. The Kier molecular flexibility index (Phi) is 3.38. The van der Waals surface area contributed by atoms with Crippen LogP contribution < -0.4 is 5.32 Å². The molecular weight excluding hydrogens is 280 g/mol. The van der Waals surface area contributed by atoms with E-state index in [9.17, 15) is 14.9 Å². The molecule has 2 saturated carbocycles. The van der Waals surface area contributed by atoms with E-state index in [0.29, 0.717) is 17.4 Å². The zero-order valence-electron chi connectivity index (χ0n) is 10.8. The van der Waals surface area contributed by atoms with E-state index in [0.717, 1.165) is 0 Å². The van der Waals surface area contributed by atoms with E-state index in [1.807, 2.05) is 0 Å². The van der Waals surface area contributed by atoms with Crippen LogP contribution in [0.5, 0.6) is 0 Å². The van der Waals surface area contributed by atoms with Crippen molar-refractivity contribution in [2.24, 2.45) is 11.8 Å². The number of carbonyl (C=O) groups excluding carboxylic acids is 1. The molecule has 2 aliphatic rings. The minimum atomic E-state index is -0.554. The molecule has 2 aliphatic carbocycles. The largest absolute Gasteiger partial charge is 0.349 e. The molecule has 0 bridgehead atoms. The van der Waals surface area contributed by atoms with Crippen molar-refractivity contribution in [3.63, 3.8) is 0 Å². The number of benzene rings is 1. The highest BCUT2D eigenvalue weighted by molar-refractivity contribution is 6.33. The van der Waals surface area contributed by atoms with E-state index in [4.69, 9.17) is 11.6 Å². The Balaban J connectivity index is 1.73. The van der Waals surface area contributed by atoms with Gasteiger partial charge in [-0.1, -0.05) is 11.6 Å². The zero-order valence-corrected chi connectivity index (χ0v) is 11.6. The number of nitro benzene ring substituents is 1. The number of nitro groups is 1. The van der Waals surface area contributed by atoms with Crippen LogP contribution in [0, 0.1) is 22.0 Å². The van der Waals surface area contributed by atoms with Gasteiger partial charge in [-0.25, -0.2) is 0 Å².